The zero-order valence-corrected chi connectivity index (χ0v) is 14.9. The van der Waals surface area contributed by atoms with Gasteiger partial charge in [-0.25, -0.2) is 0 Å². The zero-order valence-electron chi connectivity index (χ0n) is 14.1. The molecular weight excluding hydrogens is 387 g/mol. The second kappa shape index (κ2) is 9.31. The first-order chi connectivity index (χ1) is 12.7. The lowest BCUT2D eigenvalue weighted by atomic mass is 10.3. The number of aryl methyl sites for hydroxylation is 1. The second-order valence-corrected chi connectivity index (χ2v) is 6.30. The number of anilines is 2. The van der Waals surface area contributed by atoms with Gasteiger partial charge in [0.1, 0.15) is 11.5 Å². The number of carbonyl (C=O) groups is 2. The van der Waals surface area contributed by atoms with E-state index in [1.54, 1.807) is 19.1 Å². The number of carbonyl (C=O) groups excluding carboxylic acids is 2. The molecule has 1 aromatic heterocycles. The normalized spacial score (nSPS) is 11.1. The van der Waals surface area contributed by atoms with Crippen LogP contribution in [0.5, 0.6) is 5.75 Å². The van der Waals surface area contributed by atoms with E-state index in [2.05, 4.69) is 20.5 Å². The number of hydrogen-bond acceptors (Lipinski definition) is 6. The maximum Gasteiger partial charge on any atom is 0.422 e. The lowest BCUT2D eigenvalue weighted by Crippen LogP contribution is -2.21. The molecule has 2 rings (SSSR count). The van der Waals surface area contributed by atoms with Crippen LogP contribution in [0.3, 0.4) is 0 Å². The number of alkyl halides is 3. The van der Waals surface area contributed by atoms with E-state index < -0.39 is 18.7 Å². The van der Waals surface area contributed by atoms with E-state index in [1.807, 2.05) is 0 Å². The van der Waals surface area contributed by atoms with E-state index >= 15 is 0 Å². The number of para-hydroxylation sites is 2. The van der Waals surface area contributed by atoms with E-state index in [4.69, 9.17) is 4.52 Å². The summed E-state index contributed by atoms with van der Waals surface area (Å²) >= 11 is 1.03. The quantitative estimate of drug-likeness (QED) is 0.703. The van der Waals surface area contributed by atoms with Crippen LogP contribution in [0, 0.1) is 6.92 Å². The van der Waals surface area contributed by atoms with E-state index in [-0.39, 0.29) is 34.7 Å². The highest BCUT2D eigenvalue weighted by Crippen LogP contribution is 2.26. The molecule has 0 bridgehead atoms. The van der Waals surface area contributed by atoms with Crippen LogP contribution in [0.1, 0.15) is 5.76 Å². The van der Waals surface area contributed by atoms with Crippen molar-refractivity contribution in [3.8, 4) is 5.75 Å². The summed E-state index contributed by atoms with van der Waals surface area (Å²) in [6.07, 6.45) is -4.48. The van der Waals surface area contributed by atoms with Crippen molar-refractivity contribution in [2.24, 2.45) is 0 Å². The lowest BCUT2D eigenvalue weighted by Gasteiger charge is -2.13. The van der Waals surface area contributed by atoms with Crippen molar-refractivity contribution >= 4 is 35.1 Å². The van der Waals surface area contributed by atoms with Crippen molar-refractivity contribution in [3.63, 3.8) is 0 Å². The number of ether oxygens (including phenoxy) is 1. The molecule has 0 aliphatic heterocycles. The average molecular weight is 403 g/mol. The highest BCUT2D eigenvalue weighted by atomic mass is 32.2. The summed E-state index contributed by atoms with van der Waals surface area (Å²) in [5, 5.41) is 8.58. The largest absolute Gasteiger partial charge is 0.482 e. The van der Waals surface area contributed by atoms with Crippen LogP contribution in [0.4, 0.5) is 24.7 Å². The van der Waals surface area contributed by atoms with Crippen LogP contribution in [-0.2, 0) is 9.59 Å². The van der Waals surface area contributed by atoms with Gasteiger partial charge in [-0.05, 0) is 19.1 Å². The fourth-order valence-corrected chi connectivity index (χ4v) is 2.50. The predicted molar refractivity (Wildman–Crippen MR) is 93.8 cm³/mol. The Kier molecular flexibility index (Phi) is 7.11. The summed E-state index contributed by atoms with van der Waals surface area (Å²) in [7, 11) is 0. The molecule has 1 heterocycles. The highest BCUT2D eigenvalue weighted by molar-refractivity contribution is 8.00. The first-order valence-electron chi connectivity index (χ1n) is 7.62. The summed E-state index contributed by atoms with van der Waals surface area (Å²) in [6, 6.07) is 7.34. The zero-order chi connectivity index (χ0) is 19.9. The molecule has 2 amide bonds. The molecule has 1 aromatic carbocycles. The molecule has 7 nitrogen and oxygen atoms in total. The fraction of sp³-hybridized carbons (Fsp3) is 0.312. The molecule has 0 aliphatic rings. The molecule has 146 valence electrons. The van der Waals surface area contributed by atoms with Gasteiger partial charge in [-0.3, -0.25) is 9.59 Å². The van der Waals surface area contributed by atoms with Crippen molar-refractivity contribution < 1.29 is 32.0 Å². The minimum atomic E-state index is -4.48. The molecule has 0 radical (unpaired) electrons. The highest BCUT2D eigenvalue weighted by Gasteiger charge is 2.28. The van der Waals surface area contributed by atoms with E-state index in [0.29, 0.717) is 5.76 Å². The Bertz CT molecular complexity index is 795. The molecule has 2 aromatic rings. The third-order valence-corrected chi connectivity index (χ3v) is 3.85. The van der Waals surface area contributed by atoms with Gasteiger partial charge in [0.15, 0.2) is 12.4 Å². The standard InChI is InChI=1S/C16H16F3N3O4S/c1-10-6-13(22-26-10)21-15(24)8-27-7-14(23)20-11-4-2-3-5-12(11)25-9-16(17,18)19/h2-6H,7-9H2,1H3,(H,20,23)(H,21,22,24). The third kappa shape index (κ3) is 7.60. The van der Waals surface area contributed by atoms with Crippen LogP contribution in [0.2, 0.25) is 0 Å². The van der Waals surface area contributed by atoms with Crippen molar-refractivity contribution in [2.45, 2.75) is 13.1 Å². The number of amides is 2. The van der Waals surface area contributed by atoms with Crippen LogP contribution in [0.15, 0.2) is 34.9 Å². The summed E-state index contributed by atoms with van der Waals surface area (Å²) < 4.78 is 46.3. The minimum Gasteiger partial charge on any atom is -0.482 e. The van der Waals surface area contributed by atoms with E-state index in [0.717, 1.165) is 11.8 Å². The van der Waals surface area contributed by atoms with Crippen molar-refractivity contribution in [1.82, 2.24) is 5.16 Å². The molecule has 0 saturated heterocycles. The Labute approximate surface area is 156 Å². The van der Waals surface area contributed by atoms with Gasteiger partial charge >= 0.3 is 6.18 Å². The summed E-state index contributed by atoms with van der Waals surface area (Å²) in [5.74, 6) is -0.192. The first-order valence-corrected chi connectivity index (χ1v) is 8.78. The number of nitrogens with zero attached hydrogens (tertiary/aromatic N) is 1. The second-order valence-electron chi connectivity index (χ2n) is 5.31. The van der Waals surface area contributed by atoms with Gasteiger partial charge in [0.2, 0.25) is 11.8 Å². The molecule has 0 saturated carbocycles. The monoisotopic (exact) mass is 403 g/mol. The van der Waals surface area contributed by atoms with Crippen LogP contribution < -0.4 is 15.4 Å². The van der Waals surface area contributed by atoms with Gasteiger partial charge in [0.05, 0.1) is 17.2 Å². The van der Waals surface area contributed by atoms with Crippen molar-refractivity contribution in [2.75, 3.05) is 28.7 Å². The topological polar surface area (TPSA) is 93.5 Å². The van der Waals surface area contributed by atoms with Gasteiger partial charge in [-0.2, -0.15) is 13.2 Å². The number of benzene rings is 1. The molecule has 27 heavy (non-hydrogen) atoms. The van der Waals surface area contributed by atoms with Crippen LogP contribution >= 0.6 is 11.8 Å². The molecule has 0 aliphatic carbocycles. The number of hydrogen-bond donors (Lipinski definition) is 2. The van der Waals surface area contributed by atoms with Gasteiger partial charge in [-0.15, -0.1) is 11.8 Å². The molecule has 11 heteroatoms. The first kappa shape index (κ1) is 20.6. The summed E-state index contributed by atoms with van der Waals surface area (Å²) in [6.45, 7) is 0.217. The van der Waals surface area contributed by atoms with Crippen LogP contribution in [-0.4, -0.2) is 41.3 Å². The summed E-state index contributed by atoms with van der Waals surface area (Å²) in [5.41, 5.74) is 0.120. The van der Waals surface area contributed by atoms with Crippen LogP contribution in [0.25, 0.3) is 0 Å². The predicted octanol–water partition coefficient (Wildman–Crippen LogP) is 3.23. The third-order valence-electron chi connectivity index (χ3n) is 2.91. The minimum absolute atomic E-state index is 0.00838. The molecule has 0 unspecified atom stereocenters. The molecule has 0 fully saturated rings. The Morgan fingerprint density at radius 3 is 2.48 bits per heavy atom. The van der Waals surface area contributed by atoms with Gasteiger partial charge in [-0.1, -0.05) is 17.3 Å². The van der Waals surface area contributed by atoms with E-state index in [1.165, 1.54) is 18.2 Å². The SMILES string of the molecule is Cc1cc(NC(=O)CSCC(=O)Nc2ccccc2OCC(F)(F)F)no1. The Morgan fingerprint density at radius 1 is 1.19 bits per heavy atom. The van der Waals surface area contributed by atoms with Crippen molar-refractivity contribution in [3.05, 3.63) is 36.1 Å². The maximum atomic E-state index is 12.3. The fourth-order valence-electron chi connectivity index (χ4n) is 1.88. The lowest BCUT2D eigenvalue weighted by molar-refractivity contribution is -0.153. The summed E-state index contributed by atoms with van der Waals surface area (Å²) in [4.78, 5) is 23.7. The Balaban J connectivity index is 1.77. The van der Waals surface area contributed by atoms with E-state index in [9.17, 15) is 22.8 Å². The number of nitrogens with one attached hydrogen (secondary N) is 2. The smallest absolute Gasteiger partial charge is 0.422 e. The molecule has 2 N–H and O–H groups in total. The molecular formula is C16H16F3N3O4S. The number of rotatable bonds is 8. The number of aromatic nitrogens is 1. The van der Waals surface area contributed by atoms with Crippen molar-refractivity contribution in [1.29, 1.82) is 0 Å². The molecule has 0 spiro atoms. The average Bonchev–Trinajstić information content (AvgIpc) is 2.98. The number of thioether (sulfide) groups is 1. The Morgan fingerprint density at radius 2 is 1.85 bits per heavy atom. The van der Waals surface area contributed by atoms with Gasteiger partial charge < -0.3 is 19.9 Å². The molecule has 0 atom stereocenters. The number of halogens is 3. The Hall–Kier alpha value is -2.69. The van der Waals surface area contributed by atoms with Gasteiger partial charge in [0, 0.05) is 6.07 Å². The van der Waals surface area contributed by atoms with Gasteiger partial charge in [0.25, 0.3) is 0 Å². The maximum absolute atomic E-state index is 12.3.